The molecular weight excluding hydrogens is 494 g/mol. The lowest BCUT2D eigenvalue weighted by Crippen LogP contribution is -2.55. The summed E-state index contributed by atoms with van der Waals surface area (Å²) in [6, 6.07) is -0.700. The molecule has 0 radical (unpaired) electrons. The number of nitrogens with zero attached hydrogens (tertiary/aromatic N) is 1. The van der Waals surface area contributed by atoms with Crippen molar-refractivity contribution in [1.29, 1.82) is 0 Å². The van der Waals surface area contributed by atoms with Crippen molar-refractivity contribution in [2.75, 3.05) is 41.0 Å². The summed E-state index contributed by atoms with van der Waals surface area (Å²) >= 11 is 0. The molecule has 0 saturated heterocycles. The summed E-state index contributed by atoms with van der Waals surface area (Å²) in [5.74, 6) is -1.51. The molecule has 0 aromatic heterocycles. The van der Waals surface area contributed by atoms with Gasteiger partial charge in [-0.25, -0.2) is 0 Å². The van der Waals surface area contributed by atoms with Crippen LogP contribution in [0.1, 0.15) is 64.7 Å². The molecule has 0 aromatic carbocycles. The number of quaternary nitrogens is 1. The van der Waals surface area contributed by atoms with Crippen molar-refractivity contribution in [3.05, 3.63) is 72.9 Å². The van der Waals surface area contributed by atoms with Gasteiger partial charge in [-0.2, -0.15) is 0 Å². The maximum Gasteiger partial charge on any atom is 0.306 e. The summed E-state index contributed by atoms with van der Waals surface area (Å²) in [7, 11) is 5.32. The minimum Gasteiger partial charge on any atom is -0.544 e. The number of rotatable bonds is 23. The quantitative estimate of drug-likeness (QED) is 0.0873. The first-order valence-corrected chi connectivity index (χ1v) is 14.0. The third-order valence-corrected chi connectivity index (χ3v) is 5.60. The zero-order valence-electron chi connectivity index (χ0n) is 24.5. The van der Waals surface area contributed by atoms with Gasteiger partial charge in [0.1, 0.15) is 18.8 Å². The van der Waals surface area contributed by atoms with Gasteiger partial charge in [0, 0.05) is 12.8 Å². The first-order valence-electron chi connectivity index (χ1n) is 14.0. The van der Waals surface area contributed by atoms with Crippen molar-refractivity contribution in [2.45, 2.75) is 76.9 Å². The van der Waals surface area contributed by atoms with Gasteiger partial charge >= 0.3 is 5.97 Å². The number of aliphatic carboxylic acids is 1. The molecule has 0 amide bonds. The lowest BCUT2D eigenvalue weighted by atomic mass is 10.1. The number of carboxylic acids is 1. The van der Waals surface area contributed by atoms with Crippen LogP contribution >= 0.6 is 0 Å². The number of aliphatic hydroxyl groups is 1. The molecule has 0 saturated carbocycles. The van der Waals surface area contributed by atoms with E-state index in [1.54, 1.807) is 21.1 Å². The van der Waals surface area contributed by atoms with E-state index in [2.05, 4.69) is 67.7 Å². The average Bonchev–Trinajstić information content (AvgIpc) is 2.87. The Labute approximate surface area is 236 Å². The lowest BCUT2D eigenvalue weighted by Gasteiger charge is -2.34. The molecule has 0 heterocycles. The smallest absolute Gasteiger partial charge is 0.306 e. The highest BCUT2D eigenvalue weighted by molar-refractivity contribution is 5.70. The summed E-state index contributed by atoms with van der Waals surface area (Å²) in [4.78, 5) is 23.0. The van der Waals surface area contributed by atoms with Gasteiger partial charge in [-0.05, 0) is 44.9 Å². The third kappa shape index (κ3) is 24.1. The first-order chi connectivity index (χ1) is 18.7. The number of aliphatic hydroxyl groups excluding tert-OH is 1. The Morgan fingerprint density at radius 3 is 1.67 bits per heavy atom. The van der Waals surface area contributed by atoms with Crippen LogP contribution in [0.5, 0.6) is 0 Å². The maximum absolute atomic E-state index is 11.8. The summed E-state index contributed by atoms with van der Waals surface area (Å²) in [6.45, 7) is 2.13. The molecule has 7 heteroatoms. The van der Waals surface area contributed by atoms with Gasteiger partial charge < -0.3 is 29.0 Å². The van der Waals surface area contributed by atoms with Gasteiger partial charge in [-0.1, -0.05) is 79.8 Å². The minimum atomic E-state index is -1.13. The molecule has 2 unspecified atom stereocenters. The second-order valence-corrected chi connectivity index (χ2v) is 10.1. The van der Waals surface area contributed by atoms with Gasteiger partial charge in [-0.15, -0.1) is 0 Å². The number of carbonyl (C=O) groups is 2. The van der Waals surface area contributed by atoms with E-state index < -0.39 is 18.1 Å². The number of likely N-dealkylation sites (N-methyl/N-ethyl adjacent to an activating group) is 1. The van der Waals surface area contributed by atoms with Crippen LogP contribution in [0.25, 0.3) is 0 Å². The molecule has 0 bridgehead atoms. The number of hydrogen-bond acceptors (Lipinski definition) is 6. The topological polar surface area (TPSA) is 95.9 Å². The third-order valence-electron chi connectivity index (χ3n) is 5.60. The number of hydrogen-bond donors (Lipinski definition) is 1. The molecular formula is C32H51NO6. The van der Waals surface area contributed by atoms with Gasteiger partial charge in [0.05, 0.1) is 40.3 Å². The second kappa shape index (κ2) is 24.3. The highest BCUT2D eigenvalue weighted by Gasteiger charge is 2.24. The fraction of sp³-hybridized carbons (Fsp3) is 0.562. The maximum atomic E-state index is 11.8. The Hall–Kier alpha value is -2.74. The van der Waals surface area contributed by atoms with Gasteiger partial charge in [0.2, 0.25) is 0 Å². The van der Waals surface area contributed by atoms with Crippen LogP contribution in [0, 0.1) is 0 Å². The van der Waals surface area contributed by atoms with Gasteiger partial charge in [0.25, 0.3) is 0 Å². The Bertz CT molecular complexity index is 817. The molecule has 220 valence electrons. The van der Waals surface area contributed by atoms with Crippen molar-refractivity contribution in [3.8, 4) is 0 Å². The molecule has 0 rings (SSSR count). The molecule has 0 aliphatic heterocycles. The molecule has 39 heavy (non-hydrogen) atoms. The van der Waals surface area contributed by atoms with E-state index in [0.29, 0.717) is 6.42 Å². The second-order valence-electron chi connectivity index (χ2n) is 10.1. The number of ether oxygens (including phenoxy) is 2. The molecule has 0 spiro atoms. The van der Waals surface area contributed by atoms with Gasteiger partial charge in [-0.3, -0.25) is 4.79 Å². The zero-order valence-corrected chi connectivity index (χ0v) is 24.5. The van der Waals surface area contributed by atoms with Crippen LogP contribution in [0.4, 0.5) is 0 Å². The molecule has 0 aromatic rings. The lowest BCUT2D eigenvalue weighted by molar-refractivity contribution is -0.889. The SMILES string of the molecule is CC/C=C\C/C=C\C/C=C\C/C=C\C/C=C\C/C=C\CCC(=O)OCC(O)COCCC(C(=O)[O-])[N+](C)(C)C. The van der Waals surface area contributed by atoms with Crippen LogP contribution in [-0.2, 0) is 19.1 Å². The van der Waals surface area contributed by atoms with E-state index in [1.807, 2.05) is 12.2 Å². The Kier molecular flexibility index (Phi) is 22.6. The van der Waals surface area contributed by atoms with Crippen LogP contribution in [-0.4, -0.2) is 74.6 Å². The molecule has 0 fully saturated rings. The Morgan fingerprint density at radius 1 is 0.769 bits per heavy atom. The van der Waals surface area contributed by atoms with E-state index in [-0.39, 0.29) is 43.1 Å². The molecule has 1 N–H and O–H groups in total. The van der Waals surface area contributed by atoms with Crippen LogP contribution in [0.2, 0.25) is 0 Å². The van der Waals surface area contributed by atoms with Crippen molar-refractivity contribution in [3.63, 3.8) is 0 Å². The number of allylic oxidation sites excluding steroid dienone is 12. The molecule has 2 atom stereocenters. The van der Waals surface area contributed by atoms with Crippen molar-refractivity contribution < 1.29 is 33.8 Å². The van der Waals surface area contributed by atoms with E-state index in [1.165, 1.54) is 0 Å². The number of carboxylic acid groups (broad SMARTS) is 1. The molecule has 7 nitrogen and oxygen atoms in total. The van der Waals surface area contributed by atoms with E-state index in [9.17, 15) is 19.8 Å². The summed E-state index contributed by atoms with van der Waals surface area (Å²) in [6.07, 6.45) is 31.5. The highest BCUT2D eigenvalue weighted by atomic mass is 16.5. The number of carbonyl (C=O) groups excluding carboxylic acids is 2. The van der Waals surface area contributed by atoms with Crippen LogP contribution in [0.15, 0.2) is 72.9 Å². The largest absolute Gasteiger partial charge is 0.544 e. The summed E-state index contributed by atoms with van der Waals surface area (Å²) < 4.78 is 10.6. The Balaban J connectivity index is 3.78. The average molecular weight is 546 g/mol. The standard InChI is InChI=1S/C32H51NO6/c1-5-6-7-8-9-10-11-12-13-14-15-16-17-18-19-20-21-22-23-24-31(35)39-28-29(34)27-38-26-25-30(32(36)37)33(2,3)4/h6-7,9-10,12-13,15-16,18-19,21-22,29-30,34H,5,8,11,14,17,20,23-28H2,1-4H3/b7-6-,10-9-,13-12-,16-15-,19-18-,22-21-. The first kappa shape index (κ1) is 36.3. The number of esters is 1. The minimum absolute atomic E-state index is 0.0304. The van der Waals surface area contributed by atoms with E-state index in [0.717, 1.165) is 38.5 Å². The van der Waals surface area contributed by atoms with E-state index in [4.69, 9.17) is 9.47 Å². The van der Waals surface area contributed by atoms with Gasteiger partial charge in [0.15, 0.2) is 0 Å². The zero-order chi connectivity index (χ0) is 29.2. The fourth-order valence-electron chi connectivity index (χ4n) is 3.39. The van der Waals surface area contributed by atoms with Crippen LogP contribution < -0.4 is 5.11 Å². The summed E-state index contributed by atoms with van der Waals surface area (Å²) in [5.41, 5.74) is 0. The van der Waals surface area contributed by atoms with Crippen molar-refractivity contribution >= 4 is 11.9 Å². The highest BCUT2D eigenvalue weighted by Crippen LogP contribution is 2.07. The van der Waals surface area contributed by atoms with Crippen molar-refractivity contribution in [1.82, 2.24) is 0 Å². The fourth-order valence-corrected chi connectivity index (χ4v) is 3.39. The molecule has 0 aliphatic rings. The van der Waals surface area contributed by atoms with E-state index >= 15 is 0 Å². The molecule has 0 aliphatic carbocycles. The Morgan fingerprint density at radius 2 is 1.23 bits per heavy atom. The monoisotopic (exact) mass is 545 g/mol. The van der Waals surface area contributed by atoms with Crippen molar-refractivity contribution in [2.24, 2.45) is 0 Å². The predicted octanol–water partition coefficient (Wildman–Crippen LogP) is 4.60. The van der Waals surface area contributed by atoms with Crippen LogP contribution in [0.3, 0.4) is 0 Å². The predicted molar refractivity (Wildman–Crippen MR) is 157 cm³/mol. The summed E-state index contributed by atoms with van der Waals surface area (Å²) in [5, 5.41) is 21.1. The normalized spacial score (nSPS) is 14.6.